The number of rotatable bonds is 20. The quantitative estimate of drug-likeness (QED) is 0.0748. The molecule has 2 bridgehead atoms. The van der Waals surface area contributed by atoms with Crippen LogP contribution in [0.4, 0.5) is 9.59 Å². The van der Waals surface area contributed by atoms with Crippen LogP contribution in [0.25, 0.3) is 0 Å². The largest absolute Gasteiger partial charge is 0.444 e. The first-order chi connectivity index (χ1) is 22.1. The third kappa shape index (κ3) is 15.7. The number of carbonyl (C=O) groups excluding carboxylic acids is 3. The molecule has 2 N–H and O–H groups in total. The summed E-state index contributed by atoms with van der Waals surface area (Å²) in [6, 6.07) is -2.30. The number of nitrogens with one attached hydrogen (secondary N) is 1. The first-order valence-corrected chi connectivity index (χ1v) is 18.9. The highest BCUT2D eigenvalue weighted by molar-refractivity contribution is 7.80. The van der Waals surface area contributed by atoms with Gasteiger partial charge in [0.25, 0.3) is 5.91 Å². The van der Waals surface area contributed by atoms with Crippen molar-refractivity contribution in [2.45, 2.75) is 137 Å². The smallest absolute Gasteiger partial charge is 0.418 e. The molecule has 15 heteroatoms. The summed E-state index contributed by atoms with van der Waals surface area (Å²) in [5, 5.41) is 0.559. The SMILES string of the molecule is CCCC[N+](CCCC)(CCCC)CCCC.CCN(CCONC(=O)[C@@H]1CC[C@@H]2CN1C(=O)N2OS(=O)(=O)O)C(=O)OC(C)(C)C. The number of hydrogen-bond acceptors (Lipinski definition) is 8. The summed E-state index contributed by atoms with van der Waals surface area (Å²) in [5.74, 6) is -0.587. The molecule has 14 nitrogen and oxygen atoms in total. The third-order valence-corrected chi connectivity index (χ3v) is 8.76. The molecule has 2 rings (SSSR count). The van der Waals surface area contributed by atoms with Gasteiger partial charge in [-0.05, 0) is 66.2 Å². The maximum Gasteiger partial charge on any atom is 0.418 e. The highest BCUT2D eigenvalue weighted by Crippen LogP contribution is 2.30. The molecule has 0 aromatic heterocycles. The number of ether oxygens (including phenoxy) is 1. The van der Waals surface area contributed by atoms with Crippen molar-refractivity contribution in [1.82, 2.24) is 20.3 Å². The minimum absolute atomic E-state index is 0.000106. The van der Waals surface area contributed by atoms with E-state index in [4.69, 9.17) is 14.1 Å². The van der Waals surface area contributed by atoms with Crippen molar-refractivity contribution in [3.05, 3.63) is 0 Å². The number of hydrogen-bond donors (Lipinski definition) is 2. The monoisotopic (exact) mass is 694 g/mol. The van der Waals surface area contributed by atoms with Crippen LogP contribution in [0.3, 0.4) is 0 Å². The summed E-state index contributed by atoms with van der Waals surface area (Å²) >= 11 is 0. The van der Waals surface area contributed by atoms with E-state index in [1.807, 2.05) is 0 Å². The van der Waals surface area contributed by atoms with E-state index in [0.717, 1.165) is 4.90 Å². The zero-order chi connectivity index (χ0) is 35.7. The molecule has 0 aromatic rings. The van der Waals surface area contributed by atoms with Gasteiger partial charge in [0.15, 0.2) is 0 Å². The Bertz CT molecular complexity index is 1020. The number of hydroxylamine groups is 3. The van der Waals surface area contributed by atoms with Crippen LogP contribution >= 0.6 is 0 Å². The zero-order valence-corrected chi connectivity index (χ0v) is 31.1. The van der Waals surface area contributed by atoms with Gasteiger partial charge in [-0.1, -0.05) is 53.4 Å². The van der Waals surface area contributed by atoms with Crippen molar-refractivity contribution < 1.29 is 45.7 Å². The highest BCUT2D eigenvalue weighted by Gasteiger charge is 2.49. The van der Waals surface area contributed by atoms with Gasteiger partial charge in [-0.15, -0.1) is 4.28 Å². The van der Waals surface area contributed by atoms with E-state index in [1.165, 1.54) is 86.9 Å². The van der Waals surface area contributed by atoms with Crippen LogP contribution in [-0.4, -0.2) is 120 Å². The van der Waals surface area contributed by atoms with Gasteiger partial charge in [0.1, 0.15) is 11.6 Å². The van der Waals surface area contributed by atoms with Crippen molar-refractivity contribution in [2.24, 2.45) is 0 Å². The number of fused-ring (bicyclic) bond motifs is 2. The summed E-state index contributed by atoms with van der Waals surface area (Å²) in [4.78, 5) is 44.5. The number of carbonyl (C=O) groups is 3. The normalized spacial score (nSPS) is 18.1. The maximum atomic E-state index is 12.4. The van der Waals surface area contributed by atoms with Crippen molar-refractivity contribution >= 4 is 28.4 Å². The second kappa shape index (κ2) is 21.0. The molecule has 2 aliphatic heterocycles. The Balaban J connectivity index is 0.000000554. The van der Waals surface area contributed by atoms with E-state index in [9.17, 15) is 22.8 Å². The molecule has 2 saturated heterocycles. The van der Waals surface area contributed by atoms with Crippen molar-refractivity contribution in [1.29, 1.82) is 0 Å². The highest BCUT2D eigenvalue weighted by atomic mass is 32.3. The standard InChI is InChI=1S/C16H28N4O9S.C16H36N/c1-5-18(15(23)28-16(2,3)4)8-9-27-17-13(21)12-7-6-11-10-19(12)14(22)20(11)29-30(24,25)26;1-5-9-13-17(14-10-6-2,15-11-7-3)16-12-8-4/h11-12H,5-10H2,1-4H3,(H,17,21)(H,24,25,26);5-16H2,1-4H3/q;+1/t11-,12+;/m1./s1. The molecule has 2 fully saturated rings. The van der Waals surface area contributed by atoms with Crippen LogP contribution in [-0.2, 0) is 29.1 Å². The molecular weight excluding hydrogens is 630 g/mol. The van der Waals surface area contributed by atoms with Crippen LogP contribution < -0.4 is 5.48 Å². The molecule has 47 heavy (non-hydrogen) atoms. The first-order valence-electron chi connectivity index (χ1n) is 17.6. The van der Waals surface area contributed by atoms with Crippen LogP contribution in [0.2, 0.25) is 0 Å². The van der Waals surface area contributed by atoms with Gasteiger partial charge in [-0.2, -0.15) is 13.5 Å². The summed E-state index contributed by atoms with van der Waals surface area (Å²) in [6.45, 7) is 22.7. The summed E-state index contributed by atoms with van der Waals surface area (Å²) in [5.41, 5.74) is 1.62. The Hall–Kier alpha value is -2.20. The van der Waals surface area contributed by atoms with Crippen molar-refractivity contribution in [2.75, 3.05) is 52.4 Å². The van der Waals surface area contributed by atoms with Gasteiger partial charge in [0, 0.05) is 19.6 Å². The Morgan fingerprint density at radius 2 is 1.45 bits per heavy atom. The van der Waals surface area contributed by atoms with Crippen molar-refractivity contribution in [3.8, 4) is 0 Å². The molecule has 0 aromatic carbocycles. The van der Waals surface area contributed by atoms with Crippen LogP contribution in [0.1, 0.15) is 120 Å². The zero-order valence-electron chi connectivity index (χ0n) is 30.3. The molecule has 0 aliphatic carbocycles. The molecule has 0 saturated carbocycles. The Morgan fingerprint density at radius 1 is 0.936 bits per heavy atom. The Kier molecular flexibility index (Phi) is 19.1. The summed E-state index contributed by atoms with van der Waals surface area (Å²) < 4.78 is 41.6. The van der Waals surface area contributed by atoms with E-state index < -0.39 is 46.1 Å². The van der Waals surface area contributed by atoms with Gasteiger partial charge in [-0.25, -0.2) is 15.1 Å². The minimum Gasteiger partial charge on any atom is -0.444 e. The predicted molar refractivity (Wildman–Crippen MR) is 180 cm³/mol. The Labute approximate surface area is 283 Å². The average molecular weight is 695 g/mol. The molecule has 0 spiro atoms. The lowest BCUT2D eigenvalue weighted by atomic mass is 10.0. The number of nitrogens with zero attached hydrogens (tertiary/aromatic N) is 4. The number of quaternary nitrogens is 1. The third-order valence-electron chi connectivity index (χ3n) is 8.41. The van der Waals surface area contributed by atoms with E-state index in [0.29, 0.717) is 18.0 Å². The molecule has 2 heterocycles. The second-order valence-electron chi connectivity index (χ2n) is 13.5. The lowest BCUT2D eigenvalue weighted by Gasteiger charge is -2.39. The lowest BCUT2D eigenvalue weighted by Crippen LogP contribution is -2.50. The maximum absolute atomic E-state index is 12.4. The topological polar surface area (TPSA) is 155 Å². The van der Waals surface area contributed by atoms with Crippen LogP contribution in [0.15, 0.2) is 0 Å². The van der Waals surface area contributed by atoms with E-state index in [1.54, 1.807) is 27.7 Å². The fourth-order valence-corrected chi connectivity index (χ4v) is 6.19. The molecule has 0 radical (unpaired) electrons. The first kappa shape index (κ1) is 42.8. The van der Waals surface area contributed by atoms with Crippen molar-refractivity contribution in [3.63, 3.8) is 0 Å². The molecule has 4 amide bonds. The van der Waals surface area contributed by atoms with Crippen LogP contribution in [0.5, 0.6) is 0 Å². The van der Waals surface area contributed by atoms with Gasteiger partial charge < -0.3 is 19.0 Å². The lowest BCUT2D eigenvalue weighted by molar-refractivity contribution is -0.929. The van der Waals surface area contributed by atoms with E-state index >= 15 is 0 Å². The summed E-state index contributed by atoms with van der Waals surface area (Å²) in [6.07, 6.45) is 11.1. The van der Waals surface area contributed by atoms with Crippen LogP contribution in [0, 0.1) is 0 Å². The molecule has 2 aliphatic rings. The minimum atomic E-state index is -4.85. The molecule has 0 unspecified atom stereocenters. The van der Waals surface area contributed by atoms with Gasteiger partial charge in [0.05, 0.1) is 38.8 Å². The van der Waals surface area contributed by atoms with Gasteiger partial charge in [-0.3, -0.25) is 14.2 Å². The van der Waals surface area contributed by atoms with E-state index in [2.05, 4.69) is 37.5 Å². The average Bonchev–Trinajstić information content (AvgIpc) is 3.23. The molecule has 276 valence electrons. The Morgan fingerprint density at radius 3 is 1.87 bits per heavy atom. The fourth-order valence-electron chi connectivity index (χ4n) is 5.80. The second-order valence-corrected chi connectivity index (χ2v) is 14.5. The van der Waals surface area contributed by atoms with Gasteiger partial charge in [0.2, 0.25) is 0 Å². The predicted octanol–water partition coefficient (Wildman–Crippen LogP) is 5.30. The summed E-state index contributed by atoms with van der Waals surface area (Å²) in [7, 11) is -4.85. The fraction of sp³-hybridized carbons (Fsp3) is 0.906. The molecule has 2 atom stereocenters. The number of piperidine rings is 1. The van der Waals surface area contributed by atoms with E-state index in [-0.39, 0.29) is 26.1 Å². The number of likely N-dealkylation sites (N-methyl/N-ethyl adjacent to an activating group) is 1. The number of amides is 4. The number of urea groups is 1. The number of unbranched alkanes of at least 4 members (excludes halogenated alkanes) is 4. The van der Waals surface area contributed by atoms with Gasteiger partial charge >= 0.3 is 22.5 Å². The molecular formula is C32H64N5O9S+.